The third kappa shape index (κ3) is 0.804. The minimum Gasteiger partial charge on any atom is -0.501 e. The smallest absolute Gasteiger partial charge is 0.165 e. The van der Waals surface area contributed by atoms with Gasteiger partial charge in [-0.2, -0.15) is 0 Å². The second-order valence-electron chi connectivity index (χ2n) is 4.00. The van der Waals surface area contributed by atoms with Crippen molar-refractivity contribution >= 4 is 5.78 Å². The van der Waals surface area contributed by atoms with Crippen molar-refractivity contribution in [3.8, 4) is 0 Å². The predicted molar refractivity (Wildman–Crippen MR) is 45.0 cm³/mol. The van der Waals surface area contributed by atoms with Crippen LogP contribution in [0.1, 0.15) is 12.8 Å². The van der Waals surface area contributed by atoms with Crippen molar-refractivity contribution in [3.63, 3.8) is 0 Å². The summed E-state index contributed by atoms with van der Waals surface area (Å²) in [6.07, 6.45) is 4.20. The molecule has 4 atom stereocenters. The molecule has 1 aliphatic carbocycles. The maximum absolute atomic E-state index is 11.6. The third-order valence-electron chi connectivity index (χ3n) is 3.45. The van der Waals surface area contributed by atoms with E-state index in [4.69, 9.17) is 9.47 Å². The molecule has 0 saturated carbocycles. The molecule has 0 radical (unpaired) electrons. The summed E-state index contributed by atoms with van der Waals surface area (Å²) in [4.78, 5) is 11.6. The summed E-state index contributed by atoms with van der Waals surface area (Å²) in [5, 5.41) is 0. The van der Waals surface area contributed by atoms with Crippen LogP contribution >= 0.6 is 0 Å². The normalized spacial score (nSPS) is 46.5. The van der Waals surface area contributed by atoms with Crippen molar-refractivity contribution in [1.82, 2.24) is 0 Å². The van der Waals surface area contributed by atoms with Gasteiger partial charge >= 0.3 is 0 Å². The summed E-state index contributed by atoms with van der Waals surface area (Å²) >= 11 is 0. The number of allylic oxidation sites excluding steroid dienone is 1. The highest BCUT2D eigenvalue weighted by atomic mass is 16.5. The minimum absolute atomic E-state index is 0.0775. The molecule has 2 saturated heterocycles. The van der Waals surface area contributed by atoms with E-state index in [-0.39, 0.29) is 29.8 Å². The molecular weight excluding hydrogens is 168 g/mol. The van der Waals surface area contributed by atoms with Gasteiger partial charge in [-0.15, -0.1) is 0 Å². The number of carbonyl (C=O) groups excluding carboxylic acids is 1. The summed E-state index contributed by atoms with van der Waals surface area (Å²) < 4.78 is 10.9. The largest absolute Gasteiger partial charge is 0.501 e. The van der Waals surface area contributed by atoms with Gasteiger partial charge < -0.3 is 9.47 Å². The van der Waals surface area contributed by atoms with E-state index in [0.717, 1.165) is 18.6 Å². The standard InChI is InChI=1S/C10H12O3/c1-12-8-4-5(11)9-6-2-3-7(13-6)10(8)9/h4,6-7,9-10H,2-3H2,1H3/t6-,7-,9-,10-/m1/s1. The van der Waals surface area contributed by atoms with E-state index in [1.54, 1.807) is 13.2 Å². The lowest BCUT2D eigenvalue weighted by molar-refractivity contribution is -0.119. The molecular formula is C10H12O3. The highest BCUT2D eigenvalue weighted by molar-refractivity contribution is 5.96. The van der Waals surface area contributed by atoms with Gasteiger partial charge in [0, 0.05) is 6.08 Å². The molecule has 2 fully saturated rings. The Kier molecular flexibility index (Phi) is 1.37. The van der Waals surface area contributed by atoms with Gasteiger partial charge in [-0.3, -0.25) is 4.79 Å². The maximum Gasteiger partial charge on any atom is 0.165 e. The van der Waals surface area contributed by atoms with Crippen molar-refractivity contribution in [2.45, 2.75) is 25.0 Å². The van der Waals surface area contributed by atoms with Crippen molar-refractivity contribution in [1.29, 1.82) is 0 Å². The number of hydrogen-bond acceptors (Lipinski definition) is 3. The van der Waals surface area contributed by atoms with E-state index in [0.29, 0.717) is 0 Å². The fraction of sp³-hybridized carbons (Fsp3) is 0.700. The van der Waals surface area contributed by atoms with Crippen LogP contribution in [0.2, 0.25) is 0 Å². The molecule has 2 bridgehead atoms. The lowest BCUT2D eigenvalue weighted by Crippen LogP contribution is -2.29. The fourth-order valence-electron chi connectivity index (χ4n) is 2.93. The summed E-state index contributed by atoms with van der Waals surface area (Å²) in [7, 11) is 1.63. The van der Waals surface area contributed by atoms with Crippen molar-refractivity contribution in [2.75, 3.05) is 7.11 Å². The average Bonchev–Trinajstić information content (AvgIpc) is 2.76. The predicted octanol–water partition coefficient (Wildman–Crippen LogP) is 0.893. The van der Waals surface area contributed by atoms with Crippen LogP contribution in [0.4, 0.5) is 0 Å². The zero-order chi connectivity index (χ0) is 9.00. The Hall–Kier alpha value is -0.830. The Morgan fingerprint density at radius 1 is 1.38 bits per heavy atom. The monoisotopic (exact) mass is 180 g/mol. The molecule has 13 heavy (non-hydrogen) atoms. The van der Waals surface area contributed by atoms with Gasteiger partial charge in [0.25, 0.3) is 0 Å². The van der Waals surface area contributed by atoms with Gasteiger partial charge in [-0.1, -0.05) is 0 Å². The van der Waals surface area contributed by atoms with Crippen LogP contribution < -0.4 is 0 Å². The molecule has 0 unspecified atom stereocenters. The highest BCUT2D eigenvalue weighted by Gasteiger charge is 2.56. The van der Waals surface area contributed by atoms with Gasteiger partial charge in [0.05, 0.1) is 31.2 Å². The van der Waals surface area contributed by atoms with Gasteiger partial charge in [0.1, 0.15) is 5.76 Å². The van der Waals surface area contributed by atoms with Crippen molar-refractivity contribution in [2.24, 2.45) is 11.8 Å². The van der Waals surface area contributed by atoms with Gasteiger partial charge in [-0.05, 0) is 12.8 Å². The average molecular weight is 180 g/mol. The van der Waals surface area contributed by atoms with E-state index in [2.05, 4.69) is 0 Å². The van der Waals surface area contributed by atoms with Crippen molar-refractivity contribution in [3.05, 3.63) is 11.8 Å². The molecule has 3 rings (SSSR count). The zero-order valence-electron chi connectivity index (χ0n) is 7.53. The van der Waals surface area contributed by atoms with Gasteiger partial charge in [-0.25, -0.2) is 0 Å². The van der Waals surface area contributed by atoms with Crippen LogP contribution in [0.5, 0.6) is 0 Å². The number of fused-ring (bicyclic) bond motifs is 5. The second kappa shape index (κ2) is 2.35. The molecule has 3 aliphatic rings. The van der Waals surface area contributed by atoms with Crippen molar-refractivity contribution < 1.29 is 14.3 Å². The molecule has 0 aromatic carbocycles. The van der Waals surface area contributed by atoms with E-state index in [1.165, 1.54) is 0 Å². The Balaban J connectivity index is 1.98. The first-order valence-electron chi connectivity index (χ1n) is 4.76. The third-order valence-corrected chi connectivity index (χ3v) is 3.45. The number of ether oxygens (including phenoxy) is 2. The zero-order valence-corrected chi connectivity index (χ0v) is 7.53. The van der Waals surface area contributed by atoms with E-state index in [1.807, 2.05) is 0 Å². The lowest BCUT2D eigenvalue weighted by Gasteiger charge is -2.21. The maximum atomic E-state index is 11.6. The molecule has 3 heteroatoms. The Morgan fingerprint density at radius 2 is 2.08 bits per heavy atom. The van der Waals surface area contributed by atoms with E-state index in [9.17, 15) is 4.79 Å². The first-order valence-corrected chi connectivity index (χ1v) is 4.76. The summed E-state index contributed by atoms with van der Waals surface area (Å²) in [6.45, 7) is 0. The fourth-order valence-corrected chi connectivity index (χ4v) is 2.93. The molecule has 0 aromatic rings. The SMILES string of the molecule is COC1=CC(=O)[C@H]2[C@@H]1[C@H]1CC[C@H]2O1. The summed E-state index contributed by atoms with van der Waals surface area (Å²) in [6, 6.07) is 0. The Morgan fingerprint density at radius 3 is 2.77 bits per heavy atom. The topological polar surface area (TPSA) is 35.5 Å². The first-order chi connectivity index (χ1) is 6.31. The summed E-state index contributed by atoms with van der Waals surface area (Å²) in [5.74, 6) is 1.35. The molecule has 3 nitrogen and oxygen atoms in total. The Labute approximate surface area is 76.7 Å². The second-order valence-corrected chi connectivity index (χ2v) is 4.00. The number of methoxy groups -OCH3 is 1. The molecule has 70 valence electrons. The van der Waals surface area contributed by atoms with Crippen LogP contribution in [0.25, 0.3) is 0 Å². The number of rotatable bonds is 1. The van der Waals surface area contributed by atoms with Crippen LogP contribution in [0, 0.1) is 11.8 Å². The minimum atomic E-state index is 0.0775. The highest BCUT2D eigenvalue weighted by Crippen LogP contribution is 2.50. The van der Waals surface area contributed by atoms with Crippen LogP contribution in [-0.2, 0) is 14.3 Å². The van der Waals surface area contributed by atoms with E-state index < -0.39 is 0 Å². The molecule has 2 aliphatic heterocycles. The molecule has 0 aromatic heterocycles. The Bertz CT molecular complexity index is 295. The van der Waals surface area contributed by atoms with Crippen LogP contribution in [0.15, 0.2) is 11.8 Å². The molecule has 0 spiro atoms. The number of ketones is 1. The van der Waals surface area contributed by atoms with Gasteiger partial charge in [0.15, 0.2) is 5.78 Å². The quantitative estimate of drug-likeness (QED) is 0.601. The first kappa shape index (κ1) is 7.56. The summed E-state index contributed by atoms with van der Waals surface area (Å²) in [5.41, 5.74) is 0. The number of carbonyl (C=O) groups is 1. The van der Waals surface area contributed by atoms with Gasteiger partial charge in [0.2, 0.25) is 0 Å². The van der Waals surface area contributed by atoms with E-state index >= 15 is 0 Å². The molecule has 0 N–H and O–H groups in total. The van der Waals surface area contributed by atoms with Crippen LogP contribution in [0.3, 0.4) is 0 Å². The molecule has 0 amide bonds. The molecule has 2 heterocycles. The van der Waals surface area contributed by atoms with Crippen LogP contribution in [-0.4, -0.2) is 25.1 Å². The lowest BCUT2D eigenvalue weighted by atomic mass is 9.80. The number of hydrogen-bond donors (Lipinski definition) is 0.